The normalized spacial score (nSPS) is 10.6. The van der Waals surface area contributed by atoms with E-state index >= 15 is 0 Å². The summed E-state index contributed by atoms with van der Waals surface area (Å²) in [6.07, 6.45) is 1.82. The standard InChI is InChI=1S/C23H26N4O2S/c1-4-27(5-2)22(29)18-11-13-19(14-12-18)25-21(28)16-30-23-24-15-20(26(23)3)17-9-7-6-8-10-17/h6-15H,4-5,16H2,1-3H3,(H,25,28). The molecule has 0 atom stereocenters. The molecule has 1 aromatic heterocycles. The second-order valence-electron chi connectivity index (χ2n) is 6.74. The number of hydrogen-bond acceptors (Lipinski definition) is 4. The van der Waals surface area contributed by atoms with E-state index in [4.69, 9.17) is 0 Å². The fourth-order valence-corrected chi connectivity index (χ4v) is 3.87. The fourth-order valence-electron chi connectivity index (χ4n) is 3.12. The van der Waals surface area contributed by atoms with Crippen LogP contribution in [0.4, 0.5) is 5.69 Å². The Labute approximate surface area is 181 Å². The number of carbonyl (C=O) groups excluding carboxylic acids is 2. The van der Waals surface area contributed by atoms with Gasteiger partial charge in [-0.05, 0) is 43.7 Å². The number of carbonyl (C=O) groups is 2. The minimum absolute atomic E-state index is 0.00238. The molecule has 0 aliphatic rings. The molecular formula is C23H26N4O2S. The Bertz CT molecular complexity index is 996. The topological polar surface area (TPSA) is 67.2 Å². The summed E-state index contributed by atoms with van der Waals surface area (Å²) in [5.74, 6) is 0.128. The molecule has 0 saturated carbocycles. The summed E-state index contributed by atoms with van der Waals surface area (Å²) >= 11 is 1.39. The van der Waals surface area contributed by atoms with Crippen molar-refractivity contribution < 1.29 is 9.59 Å². The van der Waals surface area contributed by atoms with E-state index in [0.717, 1.165) is 16.4 Å². The zero-order valence-electron chi connectivity index (χ0n) is 17.5. The van der Waals surface area contributed by atoms with Gasteiger partial charge in [0.05, 0.1) is 17.6 Å². The van der Waals surface area contributed by atoms with Crippen LogP contribution < -0.4 is 5.32 Å². The number of anilines is 1. The highest BCUT2D eigenvalue weighted by molar-refractivity contribution is 7.99. The van der Waals surface area contributed by atoms with Crippen LogP contribution in [0.2, 0.25) is 0 Å². The minimum atomic E-state index is -0.118. The molecule has 0 bridgehead atoms. The highest BCUT2D eigenvalue weighted by Crippen LogP contribution is 2.24. The van der Waals surface area contributed by atoms with Gasteiger partial charge in [-0.1, -0.05) is 42.1 Å². The zero-order chi connectivity index (χ0) is 21.5. The van der Waals surface area contributed by atoms with Crippen molar-refractivity contribution in [2.45, 2.75) is 19.0 Å². The molecule has 0 unspecified atom stereocenters. The molecule has 0 aliphatic heterocycles. The van der Waals surface area contributed by atoms with Crippen molar-refractivity contribution in [1.82, 2.24) is 14.5 Å². The van der Waals surface area contributed by atoms with Crippen molar-refractivity contribution in [3.63, 3.8) is 0 Å². The molecule has 0 saturated heterocycles. The van der Waals surface area contributed by atoms with Gasteiger partial charge in [0.25, 0.3) is 5.91 Å². The number of aromatic nitrogens is 2. The summed E-state index contributed by atoms with van der Waals surface area (Å²) in [5.41, 5.74) is 3.38. The van der Waals surface area contributed by atoms with Gasteiger partial charge in [0.15, 0.2) is 5.16 Å². The molecule has 30 heavy (non-hydrogen) atoms. The average Bonchev–Trinajstić information content (AvgIpc) is 3.14. The second kappa shape index (κ2) is 10.1. The first-order chi connectivity index (χ1) is 14.5. The van der Waals surface area contributed by atoms with Crippen LogP contribution in [0.5, 0.6) is 0 Å². The van der Waals surface area contributed by atoms with E-state index in [2.05, 4.69) is 10.3 Å². The summed E-state index contributed by atoms with van der Waals surface area (Å²) in [7, 11) is 1.95. The van der Waals surface area contributed by atoms with E-state index in [0.29, 0.717) is 24.3 Å². The van der Waals surface area contributed by atoms with Crippen LogP contribution in [-0.2, 0) is 11.8 Å². The summed E-state index contributed by atoms with van der Waals surface area (Å²) < 4.78 is 1.99. The van der Waals surface area contributed by atoms with Gasteiger partial charge < -0.3 is 14.8 Å². The molecule has 2 amide bonds. The summed E-state index contributed by atoms with van der Waals surface area (Å²) in [6.45, 7) is 5.25. The van der Waals surface area contributed by atoms with Gasteiger partial charge in [0.1, 0.15) is 0 Å². The molecule has 6 nitrogen and oxygen atoms in total. The van der Waals surface area contributed by atoms with Crippen molar-refractivity contribution in [1.29, 1.82) is 0 Å². The summed E-state index contributed by atoms with van der Waals surface area (Å²) in [4.78, 5) is 30.9. The predicted octanol–water partition coefficient (Wildman–Crippen LogP) is 4.30. The lowest BCUT2D eigenvalue weighted by Crippen LogP contribution is -2.30. The van der Waals surface area contributed by atoms with Gasteiger partial charge in [0.2, 0.25) is 5.91 Å². The monoisotopic (exact) mass is 422 g/mol. The van der Waals surface area contributed by atoms with Crippen LogP contribution >= 0.6 is 11.8 Å². The van der Waals surface area contributed by atoms with Crippen LogP contribution in [0.3, 0.4) is 0 Å². The van der Waals surface area contributed by atoms with Crippen LogP contribution in [-0.4, -0.2) is 45.1 Å². The average molecular weight is 423 g/mol. The maximum Gasteiger partial charge on any atom is 0.253 e. The van der Waals surface area contributed by atoms with E-state index < -0.39 is 0 Å². The molecule has 7 heteroatoms. The van der Waals surface area contributed by atoms with Gasteiger partial charge in [-0.2, -0.15) is 0 Å². The number of thioether (sulfide) groups is 1. The molecule has 0 spiro atoms. The molecule has 1 N–H and O–H groups in total. The van der Waals surface area contributed by atoms with Crippen molar-refractivity contribution in [3.05, 3.63) is 66.4 Å². The Morgan fingerprint density at radius 2 is 1.70 bits per heavy atom. The Kier molecular flexibility index (Phi) is 7.30. The number of rotatable bonds is 8. The van der Waals surface area contributed by atoms with Gasteiger partial charge in [0, 0.05) is 31.4 Å². The quantitative estimate of drug-likeness (QED) is 0.550. The van der Waals surface area contributed by atoms with E-state index in [1.165, 1.54) is 11.8 Å². The zero-order valence-corrected chi connectivity index (χ0v) is 18.3. The SMILES string of the molecule is CCN(CC)C(=O)c1ccc(NC(=O)CSc2ncc(-c3ccccc3)n2C)cc1. The first-order valence-electron chi connectivity index (χ1n) is 9.92. The van der Waals surface area contributed by atoms with E-state index in [-0.39, 0.29) is 17.6 Å². The molecule has 0 aliphatic carbocycles. The number of nitrogens with zero attached hydrogens (tertiary/aromatic N) is 3. The van der Waals surface area contributed by atoms with Crippen LogP contribution in [0.25, 0.3) is 11.3 Å². The highest BCUT2D eigenvalue weighted by atomic mass is 32.2. The lowest BCUT2D eigenvalue weighted by Gasteiger charge is -2.18. The Morgan fingerprint density at radius 3 is 2.33 bits per heavy atom. The van der Waals surface area contributed by atoms with Gasteiger partial charge in [-0.3, -0.25) is 9.59 Å². The maximum atomic E-state index is 12.4. The lowest BCUT2D eigenvalue weighted by atomic mass is 10.2. The van der Waals surface area contributed by atoms with Crippen LogP contribution in [0, 0.1) is 0 Å². The molecular weight excluding hydrogens is 396 g/mol. The summed E-state index contributed by atoms with van der Waals surface area (Å²) in [6, 6.07) is 17.0. The molecule has 3 aromatic rings. The molecule has 0 radical (unpaired) electrons. The van der Waals surface area contributed by atoms with E-state index in [1.807, 2.05) is 62.0 Å². The molecule has 1 heterocycles. The Balaban J connectivity index is 1.56. The van der Waals surface area contributed by atoms with E-state index in [1.54, 1.807) is 29.2 Å². The lowest BCUT2D eigenvalue weighted by molar-refractivity contribution is -0.113. The molecule has 156 valence electrons. The number of amides is 2. The van der Waals surface area contributed by atoms with Crippen molar-refractivity contribution >= 4 is 29.3 Å². The summed E-state index contributed by atoms with van der Waals surface area (Å²) in [5, 5.41) is 3.65. The minimum Gasteiger partial charge on any atom is -0.339 e. The molecule has 0 fully saturated rings. The van der Waals surface area contributed by atoms with Crippen molar-refractivity contribution in [3.8, 4) is 11.3 Å². The van der Waals surface area contributed by atoms with E-state index in [9.17, 15) is 9.59 Å². The van der Waals surface area contributed by atoms with Gasteiger partial charge in [-0.15, -0.1) is 0 Å². The Hall–Kier alpha value is -3.06. The predicted molar refractivity (Wildman–Crippen MR) is 122 cm³/mol. The smallest absolute Gasteiger partial charge is 0.253 e. The first kappa shape index (κ1) is 21.6. The van der Waals surface area contributed by atoms with Gasteiger partial charge >= 0.3 is 0 Å². The third kappa shape index (κ3) is 5.10. The van der Waals surface area contributed by atoms with Crippen LogP contribution in [0.1, 0.15) is 24.2 Å². The van der Waals surface area contributed by atoms with Gasteiger partial charge in [-0.25, -0.2) is 4.98 Å². The number of benzene rings is 2. The number of imidazole rings is 1. The van der Waals surface area contributed by atoms with Crippen LogP contribution in [0.15, 0.2) is 66.0 Å². The largest absolute Gasteiger partial charge is 0.339 e. The van der Waals surface area contributed by atoms with Crippen molar-refractivity contribution in [2.24, 2.45) is 7.05 Å². The number of hydrogen-bond donors (Lipinski definition) is 1. The molecule has 2 aromatic carbocycles. The van der Waals surface area contributed by atoms with Crippen molar-refractivity contribution in [2.75, 3.05) is 24.2 Å². The third-order valence-electron chi connectivity index (χ3n) is 4.81. The molecule has 3 rings (SSSR count). The third-order valence-corrected chi connectivity index (χ3v) is 5.86. The second-order valence-corrected chi connectivity index (χ2v) is 7.69. The maximum absolute atomic E-state index is 12.4. The Morgan fingerprint density at radius 1 is 1.03 bits per heavy atom. The fraction of sp³-hybridized carbons (Fsp3) is 0.261. The first-order valence-corrected chi connectivity index (χ1v) is 10.9. The number of nitrogens with one attached hydrogen (secondary N) is 1. The highest BCUT2D eigenvalue weighted by Gasteiger charge is 2.13.